The molecule has 0 bridgehead atoms. The van der Waals surface area contributed by atoms with Crippen LogP contribution in [-0.4, -0.2) is 44.1 Å². The first kappa shape index (κ1) is 20.0. The minimum absolute atomic E-state index is 0.160. The van der Waals surface area contributed by atoms with E-state index in [-0.39, 0.29) is 5.56 Å². The molecule has 0 aliphatic rings. The Morgan fingerprint density at radius 3 is 2.41 bits per heavy atom. The molecule has 0 fully saturated rings. The lowest BCUT2D eigenvalue weighted by Crippen LogP contribution is -2.27. The molecule has 0 radical (unpaired) electrons. The number of hydrogen-bond acceptors (Lipinski definition) is 6. The number of methoxy groups -OCH3 is 1. The second kappa shape index (κ2) is 8.32. The number of rotatable bonds is 6. The molecule has 32 heavy (non-hydrogen) atoms. The lowest BCUT2D eigenvalue weighted by Gasteiger charge is -2.10. The smallest absolute Gasteiger partial charge is 0.265 e. The van der Waals surface area contributed by atoms with Crippen molar-refractivity contribution in [1.82, 2.24) is 24.2 Å². The summed E-state index contributed by atoms with van der Waals surface area (Å²) in [6.45, 7) is 2.81. The number of ether oxygens (including phenoxy) is 1. The molecule has 8 heteroatoms. The molecule has 0 spiro atoms. The molecule has 0 amide bonds. The average Bonchev–Trinajstić information content (AvgIpc) is 3.13. The van der Waals surface area contributed by atoms with Crippen molar-refractivity contribution >= 4 is 39.4 Å². The molecule has 3 aromatic heterocycles. The zero-order chi connectivity index (χ0) is 22.1. The van der Waals surface area contributed by atoms with Crippen molar-refractivity contribution in [2.24, 2.45) is 5.10 Å². The summed E-state index contributed by atoms with van der Waals surface area (Å²) in [5, 5.41) is 5.08. The number of aryl methyl sites for hydroxylation is 1. The van der Waals surface area contributed by atoms with E-state index in [9.17, 15) is 4.79 Å². The molecule has 0 N–H and O–H groups in total. The van der Waals surface area contributed by atoms with Crippen LogP contribution < -0.4 is 5.56 Å². The van der Waals surface area contributed by atoms with Gasteiger partial charge in [-0.3, -0.25) is 9.36 Å². The van der Waals surface area contributed by atoms with Crippen LogP contribution in [0.3, 0.4) is 0 Å². The third-order valence-corrected chi connectivity index (χ3v) is 5.38. The van der Waals surface area contributed by atoms with Crippen molar-refractivity contribution in [3.63, 3.8) is 0 Å². The van der Waals surface area contributed by atoms with E-state index in [1.165, 1.54) is 0 Å². The van der Waals surface area contributed by atoms with Gasteiger partial charge in [0, 0.05) is 13.5 Å². The molecule has 0 aliphatic carbocycles. The van der Waals surface area contributed by atoms with Crippen LogP contribution in [0.1, 0.15) is 18.3 Å². The van der Waals surface area contributed by atoms with Crippen molar-refractivity contribution in [3.05, 3.63) is 76.3 Å². The third-order valence-electron chi connectivity index (χ3n) is 5.38. The van der Waals surface area contributed by atoms with Crippen LogP contribution in [0.4, 0.5) is 0 Å². The van der Waals surface area contributed by atoms with Crippen LogP contribution >= 0.6 is 0 Å². The van der Waals surface area contributed by atoms with Crippen LogP contribution in [0.5, 0.6) is 0 Å². The van der Waals surface area contributed by atoms with E-state index in [2.05, 4.69) is 5.10 Å². The van der Waals surface area contributed by atoms with Gasteiger partial charge in [-0.05, 0) is 17.7 Å². The van der Waals surface area contributed by atoms with Gasteiger partial charge >= 0.3 is 0 Å². The highest BCUT2D eigenvalue weighted by atomic mass is 16.5. The van der Waals surface area contributed by atoms with Gasteiger partial charge in [-0.25, -0.2) is 15.0 Å². The van der Waals surface area contributed by atoms with Gasteiger partial charge in [0.1, 0.15) is 16.7 Å². The van der Waals surface area contributed by atoms with Gasteiger partial charge < -0.3 is 4.74 Å². The zero-order valence-electron chi connectivity index (χ0n) is 17.9. The molecule has 8 nitrogen and oxygen atoms in total. The number of fused-ring (bicyclic) bond motifs is 4. The van der Waals surface area contributed by atoms with E-state index in [1.54, 1.807) is 22.6 Å². The summed E-state index contributed by atoms with van der Waals surface area (Å²) in [6, 6.07) is 17.4. The van der Waals surface area contributed by atoms with Crippen LogP contribution in [0.25, 0.3) is 33.2 Å². The molecule has 3 heterocycles. The number of para-hydroxylation sites is 2. The minimum Gasteiger partial charge on any atom is -0.383 e. The van der Waals surface area contributed by atoms with E-state index in [4.69, 9.17) is 19.7 Å². The van der Waals surface area contributed by atoms with Crippen molar-refractivity contribution in [3.8, 4) is 0 Å². The van der Waals surface area contributed by atoms with Crippen molar-refractivity contribution < 1.29 is 4.74 Å². The molecule has 5 rings (SSSR count). The second-order valence-electron chi connectivity index (χ2n) is 7.38. The van der Waals surface area contributed by atoms with Gasteiger partial charge in [-0.15, -0.1) is 0 Å². The minimum atomic E-state index is -0.160. The van der Waals surface area contributed by atoms with E-state index in [0.717, 1.165) is 11.1 Å². The maximum absolute atomic E-state index is 13.6. The summed E-state index contributed by atoms with van der Waals surface area (Å²) in [7, 11) is 1.62. The fourth-order valence-electron chi connectivity index (χ4n) is 3.81. The Morgan fingerprint density at radius 1 is 0.969 bits per heavy atom. The molecular weight excluding hydrogens is 404 g/mol. The molecule has 160 valence electrons. The Labute approximate surface area is 183 Å². The number of aromatic nitrogens is 5. The Balaban J connectivity index is 1.87. The molecule has 5 aromatic rings. The molecule has 0 unspecified atom stereocenters. The SMILES string of the molecule is CCc1nc2c(c(=O)n1CCOC)c1nc3ccccc3nc1n2/N=C/c1ccccc1. The summed E-state index contributed by atoms with van der Waals surface area (Å²) < 4.78 is 8.49. The first-order valence-electron chi connectivity index (χ1n) is 10.5. The molecule has 2 aromatic carbocycles. The van der Waals surface area contributed by atoms with Crippen molar-refractivity contribution in [2.45, 2.75) is 19.9 Å². The molecule has 0 saturated heterocycles. The number of nitrogens with zero attached hydrogens (tertiary/aromatic N) is 6. The van der Waals surface area contributed by atoms with Gasteiger partial charge in [0.15, 0.2) is 11.3 Å². The Bertz CT molecular complexity index is 1520. The summed E-state index contributed by atoms with van der Waals surface area (Å²) in [5.41, 5.74) is 3.67. The van der Waals surface area contributed by atoms with Gasteiger partial charge in [0.05, 0.1) is 30.4 Å². The third kappa shape index (κ3) is 3.34. The van der Waals surface area contributed by atoms with Crippen LogP contribution in [0, 0.1) is 0 Å². The molecular formula is C24H22N6O2. The highest BCUT2D eigenvalue weighted by Crippen LogP contribution is 2.25. The predicted molar refractivity (Wildman–Crippen MR) is 125 cm³/mol. The highest BCUT2D eigenvalue weighted by Gasteiger charge is 2.21. The van der Waals surface area contributed by atoms with Crippen LogP contribution in [0.15, 0.2) is 64.5 Å². The standard InChI is InChI=1S/C24H22N6O2/c1-3-19-28-22-20(24(31)29(19)13-14-32-2)21-23(27-18-12-8-7-11-17(18)26-21)30(22)25-15-16-9-5-4-6-10-16/h4-12,15H,3,13-14H2,1-2H3/b25-15+. The largest absolute Gasteiger partial charge is 0.383 e. The Hall–Kier alpha value is -3.91. The van der Waals surface area contributed by atoms with Crippen LogP contribution in [-0.2, 0) is 17.7 Å². The van der Waals surface area contributed by atoms with E-state index >= 15 is 0 Å². The predicted octanol–water partition coefficient (Wildman–Crippen LogP) is 3.39. The monoisotopic (exact) mass is 426 g/mol. The summed E-state index contributed by atoms with van der Waals surface area (Å²) >= 11 is 0. The molecule has 0 saturated carbocycles. The normalized spacial score (nSPS) is 11.9. The van der Waals surface area contributed by atoms with Gasteiger partial charge in [0.25, 0.3) is 5.56 Å². The highest BCUT2D eigenvalue weighted by molar-refractivity contribution is 6.05. The summed E-state index contributed by atoms with van der Waals surface area (Å²) in [5.74, 6) is 0.670. The lowest BCUT2D eigenvalue weighted by molar-refractivity contribution is 0.185. The van der Waals surface area contributed by atoms with Crippen molar-refractivity contribution in [1.29, 1.82) is 0 Å². The first-order valence-corrected chi connectivity index (χ1v) is 10.5. The average molecular weight is 426 g/mol. The lowest BCUT2D eigenvalue weighted by atomic mass is 10.2. The Kier molecular flexibility index (Phi) is 5.20. The summed E-state index contributed by atoms with van der Waals surface area (Å²) in [4.78, 5) is 28.0. The molecule has 0 atom stereocenters. The summed E-state index contributed by atoms with van der Waals surface area (Å²) in [6.07, 6.45) is 2.33. The van der Waals surface area contributed by atoms with Gasteiger partial charge in [-0.1, -0.05) is 49.4 Å². The van der Waals surface area contributed by atoms with Gasteiger partial charge in [-0.2, -0.15) is 9.78 Å². The zero-order valence-corrected chi connectivity index (χ0v) is 17.9. The van der Waals surface area contributed by atoms with E-state index in [1.807, 2.05) is 61.5 Å². The quantitative estimate of drug-likeness (QED) is 0.389. The van der Waals surface area contributed by atoms with Crippen LogP contribution in [0.2, 0.25) is 0 Å². The van der Waals surface area contributed by atoms with E-state index < -0.39 is 0 Å². The van der Waals surface area contributed by atoms with Gasteiger partial charge in [0.2, 0.25) is 0 Å². The van der Waals surface area contributed by atoms with Crippen molar-refractivity contribution in [2.75, 3.05) is 13.7 Å². The molecule has 0 aliphatic heterocycles. The second-order valence-corrected chi connectivity index (χ2v) is 7.38. The topological polar surface area (TPSA) is 87.2 Å². The number of benzene rings is 2. The first-order chi connectivity index (χ1) is 15.7. The fourth-order valence-corrected chi connectivity index (χ4v) is 3.81. The number of hydrogen-bond donors (Lipinski definition) is 0. The fraction of sp³-hybridized carbons (Fsp3) is 0.208. The van der Waals surface area contributed by atoms with E-state index in [0.29, 0.717) is 53.1 Å². The maximum atomic E-state index is 13.6. The maximum Gasteiger partial charge on any atom is 0.265 e. The Morgan fingerprint density at radius 2 is 1.69 bits per heavy atom.